The number of ether oxygens (including phenoxy) is 1. The van der Waals surface area contributed by atoms with Gasteiger partial charge in [0.05, 0.1) is 12.1 Å². The number of anilines is 3. The third kappa shape index (κ3) is 3.04. The van der Waals surface area contributed by atoms with Gasteiger partial charge in [-0.15, -0.1) is 5.10 Å². The standard InChI is InChI=1S/C20H23N9O2/c21-18(30)16(11-2-3-11)23-12-8-13-17-14(9-12)31-7-1-5-28(17)20(24-13)27-6-4-15-25-19(22)26-29(15)10-27/h4,6,8-9,11,16,23H,1-3,5,7,10H2,(H2,21,30)(H2,22,26)/t16-/m0/s1. The van der Waals surface area contributed by atoms with E-state index in [1.165, 1.54) is 0 Å². The van der Waals surface area contributed by atoms with Crippen molar-refractivity contribution < 1.29 is 9.53 Å². The minimum absolute atomic E-state index is 0.249. The SMILES string of the molecule is NC(=O)[C@@H](Nc1cc2c3c(c1)nc(N1C=Cc4nc(N)nn4C1)n3CCCO2)C1CC1. The summed E-state index contributed by atoms with van der Waals surface area (Å²) in [6, 6.07) is 3.52. The second kappa shape index (κ2) is 6.62. The van der Waals surface area contributed by atoms with Crippen LogP contribution in [0.4, 0.5) is 17.6 Å². The predicted molar refractivity (Wildman–Crippen MR) is 115 cm³/mol. The summed E-state index contributed by atoms with van der Waals surface area (Å²) in [5.74, 6) is 2.48. The van der Waals surface area contributed by atoms with Crippen LogP contribution in [-0.2, 0) is 18.0 Å². The highest BCUT2D eigenvalue weighted by atomic mass is 16.5. The van der Waals surface area contributed by atoms with E-state index in [1.807, 2.05) is 29.3 Å². The molecule has 0 spiro atoms. The molecule has 11 nitrogen and oxygen atoms in total. The number of hydrogen-bond donors (Lipinski definition) is 3. The Labute approximate surface area is 177 Å². The summed E-state index contributed by atoms with van der Waals surface area (Å²) in [7, 11) is 0. The first-order valence-electron chi connectivity index (χ1n) is 10.4. The molecular formula is C20H23N9O2. The van der Waals surface area contributed by atoms with E-state index in [1.54, 1.807) is 4.68 Å². The molecule has 160 valence electrons. The van der Waals surface area contributed by atoms with Crippen molar-refractivity contribution in [1.29, 1.82) is 0 Å². The lowest BCUT2D eigenvalue weighted by atomic mass is 10.1. The zero-order valence-corrected chi connectivity index (χ0v) is 16.9. The lowest BCUT2D eigenvalue weighted by molar-refractivity contribution is -0.119. The number of primary amides is 1. The minimum atomic E-state index is -0.377. The van der Waals surface area contributed by atoms with Gasteiger partial charge in [-0.3, -0.25) is 9.69 Å². The molecule has 5 N–H and O–H groups in total. The topological polar surface area (TPSA) is 142 Å². The largest absolute Gasteiger partial charge is 0.491 e. The first-order valence-corrected chi connectivity index (χ1v) is 10.4. The number of aromatic nitrogens is 5. The maximum atomic E-state index is 11.9. The molecule has 4 heterocycles. The molecular weight excluding hydrogens is 398 g/mol. The molecule has 2 aliphatic heterocycles. The number of benzene rings is 1. The third-order valence-electron chi connectivity index (χ3n) is 5.96. The number of rotatable bonds is 5. The fourth-order valence-corrected chi connectivity index (χ4v) is 4.36. The van der Waals surface area contributed by atoms with Gasteiger partial charge in [0, 0.05) is 24.5 Å². The van der Waals surface area contributed by atoms with Crippen LogP contribution in [0.1, 0.15) is 25.1 Å². The Morgan fingerprint density at radius 1 is 1.29 bits per heavy atom. The van der Waals surface area contributed by atoms with E-state index in [-0.39, 0.29) is 17.9 Å². The first kappa shape index (κ1) is 18.0. The molecule has 1 aliphatic carbocycles. The molecule has 3 aliphatic rings. The normalized spacial score (nSPS) is 18.4. The molecule has 1 fully saturated rings. The summed E-state index contributed by atoms with van der Waals surface area (Å²) >= 11 is 0. The molecule has 2 aromatic heterocycles. The van der Waals surface area contributed by atoms with Gasteiger partial charge in [0.1, 0.15) is 24.0 Å². The molecule has 1 aromatic carbocycles. The summed E-state index contributed by atoms with van der Waals surface area (Å²) in [5.41, 5.74) is 13.9. The van der Waals surface area contributed by atoms with E-state index in [9.17, 15) is 4.79 Å². The van der Waals surface area contributed by atoms with Crippen LogP contribution in [0.5, 0.6) is 5.75 Å². The van der Waals surface area contributed by atoms with Gasteiger partial charge in [-0.25, -0.2) is 9.67 Å². The minimum Gasteiger partial charge on any atom is -0.491 e. The number of carbonyl (C=O) groups excluding carboxylic acids is 1. The highest BCUT2D eigenvalue weighted by Crippen LogP contribution is 2.38. The highest BCUT2D eigenvalue weighted by Gasteiger charge is 2.35. The van der Waals surface area contributed by atoms with Crippen LogP contribution in [-0.4, -0.2) is 42.9 Å². The highest BCUT2D eigenvalue weighted by molar-refractivity contribution is 5.90. The van der Waals surface area contributed by atoms with Crippen LogP contribution in [0.3, 0.4) is 0 Å². The summed E-state index contributed by atoms with van der Waals surface area (Å²) < 4.78 is 9.96. The van der Waals surface area contributed by atoms with Crippen LogP contribution in [0.2, 0.25) is 0 Å². The lowest BCUT2D eigenvalue weighted by Gasteiger charge is -2.23. The number of nitrogens with one attached hydrogen (secondary N) is 1. The number of fused-ring (bicyclic) bond motifs is 1. The van der Waals surface area contributed by atoms with E-state index in [4.69, 9.17) is 21.2 Å². The molecule has 0 saturated heterocycles. The maximum absolute atomic E-state index is 11.9. The van der Waals surface area contributed by atoms with Crippen molar-refractivity contribution in [2.75, 3.05) is 22.6 Å². The molecule has 0 unspecified atom stereocenters. The molecule has 1 saturated carbocycles. The Kier molecular flexibility index (Phi) is 3.86. The van der Waals surface area contributed by atoms with Gasteiger partial charge in [-0.1, -0.05) is 0 Å². The van der Waals surface area contributed by atoms with Gasteiger partial charge in [0.25, 0.3) is 0 Å². The number of nitrogens with zero attached hydrogens (tertiary/aromatic N) is 6. The third-order valence-corrected chi connectivity index (χ3v) is 5.96. The average Bonchev–Trinajstić information content (AvgIpc) is 3.45. The van der Waals surface area contributed by atoms with Gasteiger partial charge in [0.15, 0.2) is 5.82 Å². The van der Waals surface area contributed by atoms with E-state index in [0.29, 0.717) is 25.0 Å². The van der Waals surface area contributed by atoms with Gasteiger partial charge in [0.2, 0.25) is 17.8 Å². The Morgan fingerprint density at radius 3 is 2.97 bits per heavy atom. The average molecular weight is 421 g/mol. The van der Waals surface area contributed by atoms with Crippen molar-refractivity contribution >= 4 is 40.6 Å². The molecule has 6 rings (SSSR count). The Balaban J connectivity index is 1.40. The van der Waals surface area contributed by atoms with Crippen LogP contribution < -0.4 is 26.4 Å². The van der Waals surface area contributed by atoms with Crippen molar-refractivity contribution in [3.8, 4) is 5.75 Å². The second-order valence-electron chi connectivity index (χ2n) is 8.22. The van der Waals surface area contributed by atoms with Crippen molar-refractivity contribution in [3.63, 3.8) is 0 Å². The first-order chi connectivity index (χ1) is 15.1. The lowest BCUT2D eigenvalue weighted by Crippen LogP contribution is -2.37. The van der Waals surface area contributed by atoms with Gasteiger partial charge >= 0.3 is 0 Å². The predicted octanol–water partition coefficient (Wildman–Crippen LogP) is 1.12. The molecule has 11 heteroatoms. The van der Waals surface area contributed by atoms with E-state index >= 15 is 0 Å². The Morgan fingerprint density at radius 2 is 2.16 bits per heavy atom. The van der Waals surface area contributed by atoms with E-state index in [2.05, 4.69) is 20.0 Å². The molecule has 31 heavy (non-hydrogen) atoms. The second-order valence-corrected chi connectivity index (χ2v) is 8.22. The van der Waals surface area contributed by atoms with Crippen molar-refractivity contribution in [3.05, 3.63) is 24.2 Å². The number of nitrogen functional groups attached to an aromatic ring is 1. The number of nitrogens with two attached hydrogens (primary N) is 2. The zero-order chi connectivity index (χ0) is 21.1. The summed E-state index contributed by atoms with van der Waals surface area (Å²) in [6.45, 7) is 1.86. The monoisotopic (exact) mass is 421 g/mol. The number of imidazole rings is 1. The van der Waals surface area contributed by atoms with Gasteiger partial charge < -0.3 is 26.1 Å². The maximum Gasteiger partial charge on any atom is 0.240 e. The summed E-state index contributed by atoms with van der Waals surface area (Å²) in [4.78, 5) is 23.0. The Bertz CT molecular complexity index is 1220. The number of amides is 1. The van der Waals surface area contributed by atoms with E-state index in [0.717, 1.165) is 54.2 Å². The quantitative estimate of drug-likeness (QED) is 0.556. The molecule has 1 amide bonds. The van der Waals surface area contributed by atoms with Crippen LogP contribution in [0.15, 0.2) is 18.3 Å². The number of carbonyl (C=O) groups is 1. The Hall–Kier alpha value is -3.76. The van der Waals surface area contributed by atoms with Crippen molar-refractivity contribution in [2.45, 2.75) is 38.5 Å². The molecule has 0 radical (unpaired) electrons. The number of aryl methyl sites for hydroxylation is 1. The molecule has 1 atom stereocenters. The van der Waals surface area contributed by atoms with Crippen LogP contribution in [0, 0.1) is 5.92 Å². The van der Waals surface area contributed by atoms with Crippen LogP contribution >= 0.6 is 0 Å². The van der Waals surface area contributed by atoms with Crippen molar-refractivity contribution in [2.24, 2.45) is 11.7 Å². The number of hydrogen-bond acceptors (Lipinski definition) is 8. The molecule has 0 bridgehead atoms. The molecule has 3 aromatic rings. The fraction of sp³-hybridized carbons (Fsp3) is 0.400. The van der Waals surface area contributed by atoms with Gasteiger partial charge in [-0.05, 0) is 37.3 Å². The summed E-state index contributed by atoms with van der Waals surface area (Å²) in [5, 5.41) is 7.56. The van der Waals surface area contributed by atoms with Gasteiger partial charge in [-0.2, -0.15) is 4.98 Å². The summed E-state index contributed by atoms with van der Waals surface area (Å²) in [6.07, 6.45) is 6.70. The van der Waals surface area contributed by atoms with Crippen LogP contribution in [0.25, 0.3) is 17.1 Å². The van der Waals surface area contributed by atoms with E-state index < -0.39 is 0 Å². The van der Waals surface area contributed by atoms with Crippen molar-refractivity contribution in [1.82, 2.24) is 24.3 Å². The smallest absolute Gasteiger partial charge is 0.240 e. The fourth-order valence-electron chi connectivity index (χ4n) is 4.36. The zero-order valence-electron chi connectivity index (χ0n) is 16.9.